The van der Waals surface area contributed by atoms with Crippen molar-refractivity contribution in [2.45, 2.75) is 31.8 Å². The highest BCUT2D eigenvalue weighted by atomic mass is 32.2. The van der Waals surface area contributed by atoms with Crippen LogP contribution in [-0.2, 0) is 4.79 Å². The van der Waals surface area contributed by atoms with E-state index in [0.29, 0.717) is 17.5 Å². The fourth-order valence-electron chi connectivity index (χ4n) is 3.22. The van der Waals surface area contributed by atoms with Crippen LogP contribution in [0.1, 0.15) is 25.3 Å². The lowest BCUT2D eigenvalue weighted by Crippen LogP contribution is -2.26. The average Bonchev–Trinajstić information content (AvgIpc) is 3.16. The monoisotopic (exact) mass is 405 g/mol. The van der Waals surface area contributed by atoms with Crippen LogP contribution in [0, 0.1) is 6.92 Å². The molecule has 148 valence electrons. The predicted octanol–water partition coefficient (Wildman–Crippen LogP) is 4.26. The molecule has 0 unspecified atom stereocenters. The Morgan fingerprint density at radius 1 is 1.14 bits per heavy atom. The number of nitrogens with one attached hydrogen (secondary N) is 1. The molecule has 4 aromatic rings. The molecule has 0 spiro atoms. The summed E-state index contributed by atoms with van der Waals surface area (Å²) in [6.07, 6.45) is 2.04. The second-order valence-corrected chi connectivity index (χ2v) is 7.90. The van der Waals surface area contributed by atoms with Crippen molar-refractivity contribution in [3.63, 3.8) is 0 Å². The lowest BCUT2D eigenvalue weighted by molar-refractivity contribution is -0.118. The van der Waals surface area contributed by atoms with Crippen LogP contribution in [0.2, 0.25) is 0 Å². The maximum atomic E-state index is 12.2. The zero-order valence-corrected chi connectivity index (χ0v) is 17.4. The zero-order chi connectivity index (χ0) is 20.2. The van der Waals surface area contributed by atoms with Crippen molar-refractivity contribution in [3.05, 3.63) is 54.1 Å². The number of aryl methyl sites for hydroxylation is 1. The standard InChI is InChI=1S/C22H23N5OS/c1-3-4-12-23-19(28)14-29-22-26-25-21-17-10-5-6-11-18(17)24-20(27(21)22)16-9-7-8-15(2)13-16/h5-11,13H,3-4,12,14H2,1-2H3,(H,23,28). The molecule has 0 aliphatic carbocycles. The maximum absolute atomic E-state index is 12.2. The Hall–Kier alpha value is -2.93. The van der Waals surface area contributed by atoms with E-state index in [0.717, 1.165) is 46.3 Å². The van der Waals surface area contributed by atoms with Gasteiger partial charge in [-0.15, -0.1) is 10.2 Å². The lowest BCUT2D eigenvalue weighted by atomic mass is 10.1. The molecule has 2 aromatic heterocycles. The third kappa shape index (κ3) is 4.10. The molecule has 0 radical (unpaired) electrons. The highest BCUT2D eigenvalue weighted by Crippen LogP contribution is 2.29. The quantitative estimate of drug-likeness (QED) is 0.367. The number of hydrogen-bond acceptors (Lipinski definition) is 5. The minimum atomic E-state index is 0.00561. The largest absolute Gasteiger partial charge is 0.355 e. The Morgan fingerprint density at radius 2 is 2.00 bits per heavy atom. The summed E-state index contributed by atoms with van der Waals surface area (Å²) in [5.41, 5.74) is 3.77. The highest BCUT2D eigenvalue weighted by molar-refractivity contribution is 7.99. The summed E-state index contributed by atoms with van der Waals surface area (Å²) in [4.78, 5) is 17.1. The minimum absolute atomic E-state index is 0.00561. The number of para-hydroxylation sites is 1. The molecule has 0 bridgehead atoms. The maximum Gasteiger partial charge on any atom is 0.230 e. The number of hydrogen-bond donors (Lipinski definition) is 1. The Balaban J connectivity index is 1.76. The van der Waals surface area contributed by atoms with Crippen molar-refractivity contribution in [3.8, 4) is 11.4 Å². The third-order valence-electron chi connectivity index (χ3n) is 4.68. The zero-order valence-electron chi connectivity index (χ0n) is 16.6. The van der Waals surface area contributed by atoms with Gasteiger partial charge in [-0.25, -0.2) is 4.98 Å². The fraction of sp³-hybridized carbons (Fsp3) is 0.273. The third-order valence-corrected chi connectivity index (χ3v) is 5.61. The number of carbonyl (C=O) groups is 1. The summed E-state index contributed by atoms with van der Waals surface area (Å²) in [7, 11) is 0. The first kappa shape index (κ1) is 19.4. The lowest BCUT2D eigenvalue weighted by Gasteiger charge is -2.10. The number of aromatic nitrogens is 4. The molecule has 0 saturated carbocycles. The fourth-order valence-corrected chi connectivity index (χ4v) is 3.98. The van der Waals surface area contributed by atoms with Crippen LogP contribution in [0.5, 0.6) is 0 Å². The van der Waals surface area contributed by atoms with Gasteiger partial charge >= 0.3 is 0 Å². The van der Waals surface area contributed by atoms with E-state index in [4.69, 9.17) is 4.98 Å². The topological polar surface area (TPSA) is 72.2 Å². The average molecular weight is 406 g/mol. The van der Waals surface area contributed by atoms with Crippen molar-refractivity contribution in [1.82, 2.24) is 24.9 Å². The van der Waals surface area contributed by atoms with Gasteiger partial charge < -0.3 is 5.32 Å². The molecule has 7 heteroatoms. The Labute approximate surface area is 173 Å². The first-order valence-corrected chi connectivity index (χ1v) is 10.8. The molecule has 1 N–H and O–H groups in total. The molecule has 4 rings (SSSR count). The Kier molecular flexibility index (Phi) is 5.76. The van der Waals surface area contributed by atoms with Gasteiger partial charge in [0.1, 0.15) is 5.82 Å². The molecule has 2 aromatic carbocycles. The van der Waals surface area contributed by atoms with E-state index in [1.165, 1.54) is 11.8 Å². The van der Waals surface area contributed by atoms with Crippen molar-refractivity contribution >= 4 is 34.2 Å². The molecule has 0 aliphatic rings. The number of unbranched alkanes of at least 4 members (excludes halogenated alkanes) is 1. The SMILES string of the molecule is CCCCNC(=O)CSc1nnc2c3ccccc3nc(-c3cccc(C)c3)n12. The van der Waals surface area contributed by atoms with E-state index in [1.807, 2.05) is 40.8 Å². The first-order chi connectivity index (χ1) is 14.2. The van der Waals surface area contributed by atoms with Crippen molar-refractivity contribution < 1.29 is 4.79 Å². The summed E-state index contributed by atoms with van der Waals surface area (Å²) >= 11 is 1.38. The number of amides is 1. The molecular weight excluding hydrogens is 382 g/mol. The van der Waals surface area contributed by atoms with Crippen LogP contribution in [0.15, 0.2) is 53.7 Å². The number of nitrogens with zero attached hydrogens (tertiary/aromatic N) is 4. The molecular formula is C22H23N5OS. The molecule has 0 saturated heterocycles. The van der Waals surface area contributed by atoms with Crippen molar-refractivity contribution in [2.75, 3.05) is 12.3 Å². The van der Waals surface area contributed by atoms with Gasteiger partial charge in [0, 0.05) is 17.5 Å². The number of fused-ring (bicyclic) bond motifs is 3. The molecule has 0 atom stereocenters. The summed E-state index contributed by atoms with van der Waals surface area (Å²) in [6, 6.07) is 16.1. The van der Waals surface area contributed by atoms with Gasteiger partial charge in [0.15, 0.2) is 10.8 Å². The van der Waals surface area contributed by atoms with Crippen molar-refractivity contribution in [2.24, 2.45) is 0 Å². The normalized spacial score (nSPS) is 11.2. The molecule has 29 heavy (non-hydrogen) atoms. The first-order valence-electron chi connectivity index (χ1n) is 9.78. The van der Waals surface area contributed by atoms with Gasteiger partial charge in [-0.1, -0.05) is 61.0 Å². The van der Waals surface area contributed by atoms with E-state index in [9.17, 15) is 4.79 Å². The molecule has 6 nitrogen and oxygen atoms in total. The summed E-state index contributed by atoms with van der Waals surface area (Å²) < 4.78 is 1.96. The molecule has 2 heterocycles. The van der Waals surface area contributed by atoms with Gasteiger partial charge in [-0.05, 0) is 31.5 Å². The van der Waals surface area contributed by atoms with Crippen LogP contribution in [0.3, 0.4) is 0 Å². The number of rotatable bonds is 7. The summed E-state index contributed by atoms with van der Waals surface area (Å²) in [6.45, 7) is 4.87. The minimum Gasteiger partial charge on any atom is -0.355 e. The number of thioether (sulfide) groups is 1. The van der Waals surface area contributed by atoms with Crippen LogP contribution < -0.4 is 5.32 Å². The second kappa shape index (κ2) is 8.61. The van der Waals surface area contributed by atoms with Crippen LogP contribution in [-0.4, -0.2) is 37.8 Å². The van der Waals surface area contributed by atoms with Crippen LogP contribution in [0.25, 0.3) is 27.9 Å². The highest BCUT2D eigenvalue weighted by Gasteiger charge is 2.17. The van der Waals surface area contributed by atoms with E-state index < -0.39 is 0 Å². The van der Waals surface area contributed by atoms with Gasteiger partial charge in [0.2, 0.25) is 5.91 Å². The molecule has 0 aliphatic heterocycles. The van der Waals surface area contributed by atoms with Gasteiger partial charge in [0.05, 0.1) is 11.3 Å². The molecule has 0 fully saturated rings. The Morgan fingerprint density at radius 3 is 2.83 bits per heavy atom. The van der Waals surface area contributed by atoms with Crippen LogP contribution >= 0.6 is 11.8 Å². The van der Waals surface area contributed by atoms with E-state index in [1.54, 1.807) is 0 Å². The smallest absolute Gasteiger partial charge is 0.230 e. The predicted molar refractivity (Wildman–Crippen MR) is 117 cm³/mol. The van der Waals surface area contributed by atoms with Gasteiger partial charge in [-0.2, -0.15) is 0 Å². The summed E-state index contributed by atoms with van der Waals surface area (Å²) in [5, 5.41) is 13.4. The van der Waals surface area contributed by atoms with E-state index in [2.05, 4.69) is 41.5 Å². The van der Waals surface area contributed by atoms with E-state index in [-0.39, 0.29) is 5.91 Å². The number of benzene rings is 2. The van der Waals surface area contributed by atoms with Crippen molar-refractivity contribution in [1.29, 1.82) is 0 Å². The number of carbonyl (C=O) groups excluding carboxylic acids is 1. The summed E-state index contributed by atoms with van der Waals surface area (Å²) in [5.74, 6) is 1.08. The molecule has 1 amide bonds. The van der Waals surface area contributed by atoms with Crippen LogP contribution in [0.4, 0.5) is 0 Å². The van der Waals surface area contributed by atoms with Gasteiger partial charge in [0.25, 0.3) is 0 Å². The Bertz CT molecular complexity index is 1170. The van der Waals surface area contributed by atoms with E-state index >= 15 is 0 Å². The second-order valence-electron chi connectivity index (χ2n) is 6.96. The van der Waals surface area contributed by atoms with Gasteiger partial charge in [-0.3, -0.25) is 9.20 Å².